The molecule has 1 N–H and O–H groups in total. The topological polar surface area (TPSA) is 82.4 Å². The predicted molar refractivity (Wildman–Crippen MR) is 83.6 cm³/mol. The number of benzene rings is 1. The molecule has 2 saturated heterocycles. The van der Waals surface area contributed by atoms with Crippen molar-refractivity contribution in [2.45, 2.75) is 25.4 Å². The molecule has 3 rings (SSSR count). The number of hydrogen-bond acceptors (Lipinski definition) is 4. The average molecular weight is 313 g/mol. The molecule has 1 aromatic rings. The number of nitriles is 1. The zero-order chi connectivity index (χ0) is 16.2. The van der Waals surface area contributed by atoms with Crippen molar-refractivity contribution in [3.63, 3.8) is 0 Å². The lowest BCUT2D eigenvalue weighted by atomic mass is 10.1. The lowest BCUT2D eigenvalue weighted by molar-refractivity contribution is -0.126. The summed E-state index contributed by atoms with van der Waals surface area (Å²) >= 11 is 0. The van der Waals surface area contributed by atoms with Crippen LogP contribution in [0, 0.1) is 17.2 Å². The average Bonchev–Trinajstić information content (AvgIpc) is 3.22. The number of carbonyl (C=O) groups excluding carboxylic acids is 2. The fourth-order valence-corrected chi connectivity index (χ4v) is 3.04. The fourth-order valence-electron chi connectivity index (χ4n) is 3.04. The maximum atomic E-state index is 12.2. The Hall–Kier alpha value is -2.39. The van der Waals surface area contributed by atoms with E-state index in [1.807, 2.05) is 0 Å². The van der Waals surface area contributed by atoms with E-state index < -0.39 is 0 Å². The second-order valence-corrected chi connectivity index (χ2v) is 5.95. The van der Waals surface area contributed by atoms with Crippen LogP contribution in [-0.4, -0.2) is 37.6 Å². The van der Waals surface area contributed by atoms with E-state index in [9.17, 15) is 9.59 Å². The third-order valence-electron chi connectivity index (χ3n) is 4.31. The minimum Gasteiger partial charge on any atom is -0.376 e. The monoisotopic (exact) mass is 313 g/mol. The normalized spacial score (nSPS) is 23.8. The maximum Gasteiger partial charge on any atom is 0.227 e. The second-order valence-electron chi connectivity index (χ2n) is 5.95. The van der Waals surface area contributed by atoms with Gasteiger partial charge in [-0.15, -0.1) is 0 Å². The Labute approximate surface area is 135 Å². The Morgan fingerprint density at radius 1 is 1.48 bits per heavy atom. The SMILES string of the molecule is N#Cc1cccc(N2CC(C(=O)NCC3CCCO3)CC2=O)c1. The van der Waals surface area contributed by atoms with E-state index in [2.05, 4.69) is 11.4 Å². The van der Waals surface area contributed by atoms with Crippen LogP contribution in [0.1, 0.15) is 24.8 Å². The van der Waals surface area contributed by atoms with Crippen molar-refractivity contribution in [3.8, 4) is 6.07 Å². The lowest BCUT2D eigenvalue weighted by Gasteiger charge is -2.17. The highest BCUT2D eigenvalue weighted by Crippen LogP contribution is 2.26. The summed E-state index contributed by atoms with van der Waals surface area (Å²) in [4.78, 5) is 26.0. The molecule has 23 heavy (non-hydrogen) atoms. The van der Waals surface area contributed by atoms with Crippen LogP contribution >= 0.6 is 0 Å². The summed E-state index contributed by atoms with van der Waals surface area (Å²) in [7, 11) is 0. The van der Waals surface area contributed by atoms with Crippen molar-refractivity contribution in [3.05, 3.63) is 29.8 Å². The molecular formula is C17H19N3O3. The van der Waals surface area contributed by atoms with Crippen LogP contribution in [0.15, 0.2) is 24.3 Å². The van der Waals surface area contributed by atoms with Gasteiger partial charge in [0.25, 0.3) is 0 Å². The molecule has 2 unspecified atom stereocenters. The highest BCUT2D eigenvalue weighted by molar-refractivity contribution is 6.00. The molecular weight excluding hydrogens is 294 g/mol. The number of ether oxygens (including phenoxy) is 1. The Kier molecular flexibility index (Phi) is 4.58. The molecule has 0 aromatic heterocycles. The van der Waals surface area contributed by atoms with Crippen LogP contribution in [0.2, 0.25) is 0 Å². The molecule has 2 aliphatic rings. The number of carbonyl (C=O) groups is 2. The van der Waals surface area contributed by atoms with Crippen molar-refractivity contribution in [2.75, 3.05) is 24.6 Å². The van der Waals surface area contributed by atoms with Crippen molar-refractivity contribution in [1.29, 1.82) is 5.26 Å². The first kappa shape index (κ1) is 15.5. The van der Waals surface area contributed by atoms with Crippen molar-refractivity contribution in [2.24, 2.45) is 5.92 Å². The van der Waals surface area contributed by atoms with E-state index in [1.54, 1.807) is 29.2 Å². The minimum absolute atomic E-state index is 0.0858. The minimum atomic E-state index is -0.352. The van der Waals surface area contributed by atoms with E-state index in [0.717, 1.165) is 19.4 Å². The van der Waals surface area contributed by atoms with Crippen molar-refractivity contribution < 1.29 is 14.3 Å². The van der Waals surface area contributed by atoms with Gasteiger partial charge in [-0.25, -0.2) is 0 Å². The van der Waals surface area contributed by atoms with Gasteiger partial charge in [0, 0.05) is 31.8 Å². The number of rotatable bonds is 4. The third-order valence-corrected chi connectivity index (χ3v) is 4.31. The first-order valence-electron chi connectivity index (χ1n) is 7.87. The number of hydrogen-bond donors (Lipinski definition) is 1. The Bertz CT molecular complexity index is 647. The number of nitrogens with zero attached hydrogens (tertiary/aromatic N) is 2. The molecule has 0 radical (unpaired) electrons. The van der Waals surface area contributed by atoms with Gasteiger partial charge in [0.2, 0.25) is 11.8 Å². The first-order chi connectivity index (χ1) is 11.2. The molecule has 6 nitrogen and oxygen atoms in total. The number of nitrogens with one attached hydrogen (secondary N) is 1. The molecule has 2 atom stereocenters. The molecule has 0 aliphatic carbocycles. The summed E-state index contributed by atoms with van der Waals surface area (Å²) in [5.41, 5.74) is 1.17. The Balaban J connectivity index is 1.60. The molecule has 120 valence electrons. The summed E-state index contributed by atoms with van der Waals surface area (Å²) in [6.45, 7) is 1.62. The molecule has 0 spiro atoms. The summed E-state index contributed by atoms with van der Waals surface area (Å²) in [6.07, 6.45) is 2.30. The standard InChI is InChI=1S/C17H19N3O3/c18-9-12-3-1-4-14(7-12)20-11-13(8-16(20)21)17(22)19-10-15-5-2-6-23-15/h1,3-4,7,13,15H,2,5-6,8,10-11H2,(H,19,22). The zero-order valence-corrected chi connectivity index (χ0v) is 12.8. The maximum absolute atomic E-state index is 12.2. The predicted octanol–water partition coefficient (Wildman–Crippen LogP) is 1.21. The highest BCUT2D eigenvalue weighted by atomic mass is 16.5. The van der Waals surface area contributed by atoms with Gasteiger partial charge in [-0.2, -0.15) is 5.26 Å². The van der Waals surface area contributed by atoms with Gasteiger partial charge < -0.3 is 15.0 Å². The van der Waals surface area contributed by atoms with Crippen LogP contribution < -0.4 is 10.2 Å². The van der Waals surface area contributed by atoms with Crippen molar-refractivity contribution in [1.82, 2.24) is 5.32 Å². The van der Waals surface area contributed by atoms with Gasteiger partial charge in [0.1, 0.15) is 0 Å². The third kappa shape index (κ3) is 3.51. The molecule has 6 heteroatoms. The van der Waals surface area contributed by atoms with Gasteiger partial charge >= 0.3 is 0 Å². The first-order valence-corrected chi connectivity index (χ1v) is 7.87. The molecule has 2 aliphatic heterocycles. The van der Waals surface area contributed by atoms with Crippen molar-refractivity contribution >= 4 is 17.5 Å². The quantitative estimate of drug-likeness (QED) is 0.905. The highest BCUT2D eigenvalue weighted by Gasteiger charge is 2.35. The summed E-state index contributed by atoms with van der Waals surface area (Å²) < 4.78 is 5.48. The molecule has 0 saturated carbocycles. The Morgan fingerprint density at radius 3 is 3.09 bits per heavy atom. The fraction of sp³-hybridized carbons (Fsp3) is 0.471. The van der Waals surface area contributed by atoms with Crippen LogP contribution in [0.25, 0.3) is 0 Å². The second kappa shape index (κ2) is 6.80. The van der Waals surface area contributed by atoms with E-state index >= 15 is 0 Å². The number of amides is 2. The number of anilines is 1. The van der Waals surface area contributed by atoms with Gasteiger partial charge in [-0.1, -0.05) is 6.07 Å². The summed E-state index contributed by atoms with van der Waals surface area (Å²) in [5.74, 6) is -0.542. The van der Waals surface area contributed by atoms with Gasteiger partial charge in [-0.3, -0.25) is 9.59 Å². The molecule has 2 fully saturated rings. The smallest absolute Gasteiger partial charge is 0.227 e. The van der Waals surface area contributed by atoms with Crippen LogP contribution in [0.5, 0.6) is 0 Å². The molecule has 1 aromatic carbocycles. The zero-order valence-electron chi connectivity index (χ0n) is 12.8. The van der Waals surface area contributed by atoms with Gasteiger partial charge in [-0.05, 0) is 31.0 Å². The largest absolute Gasteiger partial charge is 0.376 e. The van der Waals surface area contributed by atoms with E-state index in [0.29, 0.717) is 24.3 Å². The van der Waals surface area contributed by atoms with Crippen LogP contribution in [-0.2, 0) is 14.3 Å². The van der Waals surface area contributed by atoms with E-state index in [-0.39, 0.29) is 30.3 Å². The van der Waals surface area contributed by atoms with Gasteiger partial charge in [0.05, 0.1) is 23.7 Å². The van der Waals surface area contributed by atoms with E-state index in [4.69, 9.17) is 10.00 Å². The molecule has 0 bridgehead atoms. The molecule has 2 amide bonds. The Morgan fingerprint density at radius 2 is 2.35 bits per heavy atom. The molecule has 2 heterocycles. The van der Waals surface area contributed by atoms with Crippen LogP contribution in [0.4, 0.5) is 5.69 Å². The van der Waals surface area contributed by atoms with E-state index in [1.165, 1.54) is 0 Å². The lowest BCUT2D eigenvalue weighted by Crippen LogP contribution is -2.37. The van der Waals surface area contributed by atoms with Crippen LogP contribution in [0.3, 0.4) is 0 Å². The summed E-state index contributed by atoms with van der Waals surface area (Å²) in [6, 6.07) is 8.95. The van der Waals surface area contributed by atoms with Gasteiger partial charge in [0.15, 0.2) is 0 Å². The summed E-state index contributed by atoms with van der Waals surface area (Å²) in [5, 5.41) is 11.8.